The molecular weight excluding hydrogens is 477 g/mol. The molecule has 0 unspecified atom stereocenters. The third kappa shape index (κ3) is 5.45. The molecule has 0 bridgehead atoms. The summed E-state index contributed by atoms with van der Waals surface area (Å²) in [5, 5.41) is 3.89. The fraction of sp³-hybridized carbons (Fsp3) is 0.238. The number of thiazole rings is 1. The lowest BCUT2D eigenvalue weighted by molar-refractivity contribution is 0.102. The first-order chi connectivity index (χ1) is 14.6. The van der Waals surface area contributed by atoms with E-state index < -0.39 is 15.9 Å². The fourth-order valence-corrected chi connectivity index (χ4v) is 5.35. The molecule has 0 radical (unpaired) electrons. The van der Waals surface area contributed by atoms with Crippen molar-refractivity contribution < 1.29 is 13.2 Å². The van der Waals surface area contributed by atoms with E-state index >= 15 is 0 Å². The predicted molar refractivity (Wildman–Crippen MR) is 126 cm³/mol. The van der Waals surface area contributed by atoms with Crippen LogP contribution in [0.15, 0.2) is 53.6 Å². The Kier molecular flexibility index (Phi) is 7.39. The molecule has 1 aromatic heterocycles. The molecule has 164 valence electrons. The van der Waals surface area contributed by atoms with Gasteiger partial charge in [0.25, 0.3) is 5.91 Å². The molecule has 6 nitrogen and oxygen atoms in total. The lowest BCUT2D eigenvalue weighted by atomic mass is 10.1. The molecule has 3 rings (SSSR count). The van der Waals surface area contributed by atoms with Crippen LogP contribution in [-0.4, -0.2) is 36.7 Å². The van der Waals surface area contributed by atoms with Crippen molar-refractivity contribution in [2.24, 2.45) is 0 Å². The summed E-state index contributed by atoms with van der Waals surface area (Å²) in [6.07, 6.45) is 2.26. The summed E-state index contributed by atoms with van der Waals surface area (Å²) in [5.41, 5.74) is 1.02. The van der Waals surface area contributed by atoms with Gasteiger partial charge in [-0.05, 0) is 43.7 Å². The van der Waals surface area contributed by atoms with E-state index in [0.717, 1.165) is 10.4 Å². The quantitative estimate of drug-likeness (QED) is 0.478. The number of hydrogen-bond acceptors (Lipinski definition) is 5. The highest BCUT2D eigenvalue weighted by molar-refractivity contribution is 7.89. The van der Waals surface area contributed by atoms with Crippen molar-refractivity contribution in [2.75, 3.05) is 12.4 Å². The number of anilines is 1. The van der Waals surface area contributed by atoms with Gasteiger partial charge in [-0.1, -0.05) is 41.4 Å². The molecule has 0 spiro atoms. The number of carbonyl (C=O) groups excluding carboxylic acids is 1. The standard InChI is InChI=1S/C21H21Cl2N3O3S2/c1-13(2)26(3)31(28,29)16-8-9-19(23)17(11-16)20(27)25-21-24-12-15(30-21)10-14-6-4-5-7-18(14)22/h4-9,11-13H,10H2,1-3H3,(H,24,25,27). The van der Waals surface area contributed by atoms with E-state index in [4.69, 9.17) is 23.2 Å². The normalized spacial score (nSPS) is 11.8. The Balaban J connectivity index is 1.80. The van der Waals surface area contributed by atoms with Crippen LogP contribution in [0.3, 0.4) is 0 Å². The van der Waals surface area contributed by atoms with Gasteiger partial charge in [-0.2, -0.15) is 4.31 Å². The Morgan fingerprint density at radius 1 is 1.16 bits per heavy atom. The monoisotopic (exact) mass is 497 g/mol. The first kappa shape index (κ1) is 23.7. The zero-order valence-corrected chi connectivity index (χ0v) is 20.2. The van der Waals surface area contributed by atoms with Crippen molar-refractivity contribution in [3.8, 4) is 0 Å². The van der Waals surface area contributed by atoms with Gasteiger partial charge in [0.15, 0.2) is 5.13 Å². The maximum atomic E-state index is 12.8. The van der Waals surface area contributed by atoms with E-state index in [0.29, 0.717) is 16.6 Å². The largest absolute Gasteiger partial charge is 0.298 e. The topological polar surface area (TPSA) is 79.4 Å². The molecule has 3 aromatic rings. The van der Waals surface area contributed by atoms with Crippen LogP contribution >= 0.6 is 34.5 Å². The van der Waals surface area contributed by atoms with Crippen LogP contribution < -0.4 is 5.32 Å². The van der Waals surface area contributed by atoms with Crippen LogP contribution in [0.1, 0.15) is 34.6 Å². The molecule has 1 N–H and O–H groups in total. The minimum atomic E-state index is -3.75. The molecule has 0 aliphatic heterocycles. The number of benzene rings is 2. The molecule has 0 aliphatic carbocycles. The van der Waals surface area contributed by atoms with Gasteiger partial charge in [-0.15, -0.1) is 11.3 Å². The zero-order valence-electron chi connectivity index (χ0n) is 17.1. The van der Waals surface area contributed by atoms with E-state index in [9.17, 15) is 13.2 Å². The Morgan fingerprint density at radius 3 is 2.55 bits per heavy atom. The van der Waals surface area contributed by atoms with Gasteiger partial charge in [0.2, 0.25) is 10.0 Å². The number of rotatable bonds is 7. The van der Waals surface area contributed by atoms with Crippen LogP contribution in [0, 0.1) is 0 Å². The molecule has 0 saturated heterocycles. The van der Waals surface area contributed by atoms with Crippen molar-refractivity contribution in [2.45, 2.75) is 31.2 Å². The van der Waals surface area contributed by atoms with Crippen LogP contribution in [-0.2, 0) is 16.4 Å². The summed E-state index contributed by atoms with van der Waals surface area (Å²) in [4.78, 5) is 17.9. The number of nitrogens with zero attached hydrogens (tertiary/aromatic N) is 2. The minimum Gasteiger partial charge on any atom is -0.298 e. The summed E-state index contributed by atoms with van der Waals surface area (Å²) in [7, 11) is -2.26. The maximum absolute atomic E-state index is 12.8. The second-order valence-corrected chi connectivity index (χ2v) is 11.0. The van der Waals surface area contributed by atoms with E-state index in [1.165, 1.54) is 40.9 Å². The summed E-state index contributed by atoms with van der Waals surface area (Å²) in [6.45, 7) is 3.54. The summed E-state index contributed by atoms with van der Waals surface area (Å²) in [6, 6.07) is 11.4. The second kappa shape index (κ2) is 9.67. The van der Waals surface area contributed by atoms with E-state index in [-0.39, 0.29) is 21.5 Å². The van der Waals surface area contributed by atoms with Crippen molar-refractivity contribution in [1.29, 1.82) is 0 Å². The third-order valence-corrected chi connectivity index (χ3v) is 8.32. The SMILES string of the molecule is CC(C)N(C)S(=O)(=O)c1ccc(Cl)c(C(=O)Nc2ncc(Cc3ccccc3Cl)s2)c1. The molecule has 1 heterocycles. The van der Waals surface area contributed by atoms with Crippen LogP contribution in [0.25, 0.3) is 0 Å². The van der Waals surface area contributed by atoms with Crippen LogP contribution in [0.2, 0.25) is 10.0 Å². The van der Waals surface area contributed by atoms with Gasteiger partial charge < -0.3 is 0 Å². The predicted octanol–water partition coefficient (Wildman–Crippen LogP) is 5.32. The van der Waals surface area contributed by atoms with Crippen molar-refractivity contribution in [1.82, 2.24) is 9.29 Å². The molecular formula is C21H21Cl2N3O3S2. The van der Waals surface area contributed by atoms with E-state index in [2.05, 4.69) is 10.3 Å². The lowest BCUT2D eigenvalue weighted by Gasteiger charge is -2.21. The van der Waals surface area contributed by atoms with Crippen molar-refractivity contribution in [3.63, 3.8) is 0 Å². The van der Waals surface area contributed by atoms with Crippen LogP contribution in [0.4, 0.5) is 5.13 Å². The van der Waals surface area contributed by atoms with E-state index in [1.807, 2.05) is 24.3 Å². The third-order valence-electron chi connectivity index (χ3n) is 4.68. The number of halogens is 2. The molecule has 0 aliphatic rings. The second-order valence-electron chi connectivity index (χ2n) is 7.11. The summed E-state index contributed by atoms with van der Waals surface area (Å²) in [5.74, 6) is -0.534. The molecule has 31 heavy (non-hydrogen) atoms. The highest BCUT2D eigenvalue weighted by Crippen LogP contribution is 2.27. The number of hydrogen-bond donors (Lipinski definition) is 1. The zero-order chi connectivity index (χ0) is 22.8. The Labute approximate surface area is 195 Å². The Bertz CT molecular complexity index is 1210. The Morgan fingerprint density at radius 2 is 1.87 bits per heavy atom. The number of aromatic nitrogens is 1. The highest BCUT2D eigenvalue weighted by Gasteiger charge is 2.25. The van der Waals surface area contributed by atoms with Crippen molar-refractivity contribution >= 4 is 55.6 Å². The number of amides is 1. The molecule has 0 atom stereocenters. The maximum Gasteiger partial charge on any atom is 0.259 e. The van der Waals surface area contributed by atoms with Gasteiger partial charge in [0.1, 0.15) is 0 Å². The average molecular weight is 498 g/mol. The number of carbonyl (C=O) groups is 1. The van der Waals surface area contributed by atoms with Crippen molar-refractivity contribution in [3.05, 3.63) is 74.7 Å². The summed E-state index contributed by atoms with van der Waals surface area (Å²) < 4.78 is 26.7. The molecule has 0 saturated carbocycles. The highest BCUT2D eigenvalue weighted by atomic mass is 35.5. The molecule has 2 aromatic carbocycles. The van der Waals surface area contributed by atoms with Gasteiger partial charge in [0.05, 0.1) is 15.5 Å². The molecule has 0 fully saturated rings. The first-order valence-electron chi connectivity index (χ1n) is 9.36. The number of nitrogens with one attached hydrogen (secondary N) is 1. The van der Waals surface area contributed by atoms with Crippen LogP contribution in [0.5, 0.6) is 0 Å². The van der Waals surface area contributed by atoms with Gasteiger partial charge in [-0.3, -0.25) is 10.1 Å². The van der Waals surface area contributed by atoms with E-state index in [1.54, 1.807) is 20.0 Å². The first-order valence-corrected chi connectivity index (χ1v) is 12.4. The lowest BCUT2D eigenvalue weighted by Crippen LogP contribution is -2.33. The number of sulfonamides is 1. The average Bonchev–Trinajstić information content (AvgIpc) is 3.15. The van der Waals surface area contributed by atoms with Gasteiger partial charge >= 0.3 is 0 Å². The van der Waals surface area contributed by atoms with Gasteiger partial charge in [-0.25, -0.2) is 13.4 Å². The smallest absolute Gasteiger partial charge is 0.259 e. The Hall–Kier alpha value is -1.97. The van der Waals surface area contributed by atoms with Gasteiger partial charge in [0, 0.05) is 35.6 Å². The minimum absolute atomic E-state index is 0.00297. The molecule has 10 heteroatoms. The fourth-order valence-electron chi connectivity index (χ4n) is 2.72. The summed E-state index contributed by atoms with van der Waals surface area (Å²) >= 11 is 13.7. The molecule has 1 amide bonds.